The zero-order chi connectivity index (χ0) is 13.5. The fourth-order valence-corrected chi connectivity index (χ4v) is 2.06. The van der Waals surface area contributed by atoms with E-state index in [1.807, 2.05) is 36.1 Å². The van der Waals surface area contributed by atoms with Crippen molar-refractivity contribution in [1.82, 2.24) is 0 Å². The molecule has 0 bridgehead atoms. The maximum absolute atomic E-state index is 11.4. The third kappa shape index (κ3) is 3.65. The molecule has 100 valence electrons. The van der Waals surface area contributed by atoms with Gasteiger partial charge < -0.3 is 15.7 Å². The van der Waals surface area contributed by atoms with Crippen molar-refractivity contribution < 1.29 is 9.90 Å². The first-order valence-corrected chi connectivity index (χ1v) is 6.45. The van der Waals surface area contributed by atoms with Crippen molar-refractivity contribution in [2.45, 2.75) is 39.2 Å². The first kappa shape index (κ1) is 14.4. The molecule has 1 aromatic carbocycles. The van der Waals surface area contributed by atoms with Gasteiger partial charge in [0.2, 0.25) is 0 Å². The molecule has 0 fully saturated rings. The summed E-state index contributed by atoms with van der Waals surface area (Å²) in [6.45, 7) is 4.79. The molecule has 0 aromatic heterocycles. The predicted molar refractivity (Wildman–Crippen MR) is 74.8 cm³/mol. The van der Waals surface area contributed by atoms with Crippen molar-refractivity contribution in [1.29, 1.82) is 0 Å². The van der Waals surface area contributed by atoms with Crippen LogP contribution in [0.5, 0.6) is 0 Å². The molecule has 1 atom stereocenters. The zero-order valence-electron chi connectivity index (χ0n) is 11.1. The molecule has 0 aliphatic rings. The first-order valence-electron chi connectivity index (χ1n) is 6.45. The number of aliphatic carboxylic acids is 1. The van der Waals surface area contributed by atoms with Crippen molar-refractivity contribution in [3.8, 4) is 0 Å². The maximum atomic E-state index is 11.4. The van der Waals surface area contributed by atoms with E-state index in [1.54, 1.807) is 0 Å². The van der Waals surface area contributed by atoms with Crippen LogP contribution >= 0.6 is 0 Å². The SMILES string of the molecule is CCCC(C(=O)O)N(CCC)c1ccc(N)cc1. The van der Waals surface area contributed by atoms with Crippen molar-refractivity contribution >= 4 is 17.3 Å². The van der Waals surface area contributed by atoms with Crippen molar-refractivity contribution in [3.05, 3.63) is 24.3 Å². The van der Waals surface area contributed by atoms with Crippen LogP contribution in [0.3, 0.4) is 0 Å². The molecule has 0 saturated carbocycles. The molecule has 0 aliphatic carbocycles. The molecule has 0 amide bonds. The number of hydrogen-bond donors (Lipinski definition) is 2. The molecule has 4 heteroatoms. The fraction of sp³-hybridized carbons (Fsp3) is 0.500. The number of nitrogens with two attached hydrogens (primary N) is 1. The number of nitrogens with zero attached hydrogens (tertiary/aromatic N) is 1. The topological polar surface area (TPSA) is 66.6 Å². The van der Waals surface area contributed by atoms with Gasteiger partial charge in [-0.3, -0.25) is 0 Å². The van der Waals surface area contributed by atoms with E-state index in [2.05, 4.69) is 6.92 Å². The van der Waals surface area contributed by atoms with E-state index in [0.29, 0.717) is 12.1 Å². The van der Waals surface area contributed by atoms with Crippen LogP contribution < -0.4 is 10.6 Å². The standard InChI is InChI=1S/C14H22N2O2/c1-3-5-13(14(17)18)16(10-4-2)12-8-6-11(15)7-9-12/h6-9,13H,3-5,10,15H2,1-2H3,(H,17,18). The lowest BCUT2D eigenvalue weighted by Gasteiger charge is -2.30. The summed E-state index contributed by atoms with van der Waals surface area (Å²) in [4.78, 5) is 13.3. The van der Waals surface area contributed by atoms with E-state index in [0.717, 1.165) is 25.1 Å². The summed E-state index contributed by atoms with van der Waals surface area (Å²) in [7, 11) is 0. The number of carbonyl (C=O) groups is 1. The number of hydrogen-bond acceptors (Lipinski definition) is 3. The van der Waals surface area contributed by atoms with Crippen LogP contribution in [0.25, 0.3) is 0 Å². The Morgan fingerprint density at radius 3 is 2.33 bits per heavy atom. The number of carboxylic acids is 1. The minimum absolute atomic E-state index is 0.460. The molecule has 1 unspecified atom stereocenters. The lowest BCUT2D eigenvalue weighted by molar-refractivity contribution is -0.138. The van der Waals surface area contributed by atoms with Crippen LogP contribution in [-0.2, 0) is 4.79 Å². The van der Waals surface area contributed by atoms with Gasteiger partial charge in [0.05, 0.1) is 0 Å². The Morgan fingerprint density at radius 2 is 1.89 bits per heavy atom. The van der Waals surface area contributed by atoms with E-state index in [-0.39, 0.29) is 0 Å². The van der Waals surface area contributed by atoms with Gasteiger partial charge in [-0.2, -0.15) is 0 Å². The van der Waals surface area contributed by atoms with Crippen LogP contribution in [0, 0.1) is 0 Å². The smallest absolute Gasteiger partial charge is 0.326 e. The van der Waals surface area contributed by atoms with Crippen LogP contribution in [0.1, 0.15) is 33.1 Å². The predicted octanol–water partition coefficient (Wildman–Crippen LogP) is 2.74. The quantitative estimate of drug-likeness (QED) is 0.730. The molecule has 3 N–H and O–H groups in total. The second-order valence-electron chi connectivity index (χ2n) is 4.43. The van der Waals surface area contributed by atoms with Crippen LogP contribution in [-0.4, -0.2) is 23.7 Å². The molecular weight excluding hydrogens is 228 g/mol. The third-order valence-electron chi connectivity index (χ3n) is 2.91. The highest BCUT2D eigenvalue weighted by molar-refractivity contribution is 5.78. The minimum Gasteiger partial charge on any atom is -0.480 e. The molecule has 0 aliphatic heterocycles. The van der Waals surface area contributed by atoms with Gasteiger partial charge >= 0.3 is 5.97 Å². The Morgan fingerprint density at radius 1 is 1.28 bits per heavy atom. The summed E-state index contributed by atoms with van der Waals surface area (Å²) < 4.78 is 0. The summed E-state index contributed by atoms with van der Waals surface area (Å²) in [6.07, 6.45) is 2.42. The Balaban J connectivity index is 2.98. The number of benzene rings is 1. The zero-order valence-corrected chi connectivity index (χ0v) is 11.1. The second kappa shape index (κ2) is 6.89. The normalized spacial score (nSPS) is 12.1. The largest absolute Gasteiger partial charge is 0.480 e. The van der Waals surface area contributed by atoms with E-state index >= 15 is 0 Å². The van der Waals surface area contributed by atoms with Gasteiger partial charge in [0.25, 0.3) is 0 Å². The Bertz CT molecular complexity index is 376. The van der Waals surface area contributed by atoms with Crippen LogP contribution in [0.2, 0.25) is 0 Å². The van der Waals surface area contributed by atoms with Crippen molar-refractivity contribution in [2.24, 2.45) is 0 Å². The van der Waals surface area contributed by atoms with Gasteiger partial charge in [0.15, 0.2) is 0 Å². The Labute approximate surface area is 108 Å². The number of nitrogen functional groups attached to an aromatic ring is 1. The van der Waals surface area contributed by atoms with E-state index in [1.165, 1.54) is 0 Å². The van der Waals surface area contributed by atoms with E-state index in [9.17, 15) is 9.90 Å². The van der Waals surface area contributed by atoms with Crippen LogP contribution in [0.15, 0.2) is 24.3 Å². The average Bonchev–Trinajstić information content (AvgIpc) is 2.34. The molecule has 0 saturated heterocycles. The number of carboxylic acid groups (broad SMARTS) is 1. The Hall–Kier alpha value is -1.71. The number of rotatable bonds is 7. The molecule has 0 heterocycles. The highest BCUT2D eigenvalue weighted by atomic mass is 16.4. The summed E-state index contributed by atoms with van der Waals surface area (Å²) in [5, 5.41) is 9.35. The van der Waals surface area contributed by atoms with Crippen molar-refractivity contribution in [2.75, 3.05) is 17.2 Å². The van der Waals surface area contributed by atoms with E-state index < -0.39 is 12.0 Å². The summed E-state index contributed by atoms with van der Waals surface area (Å²) in [5.74, 6) is -0.762. The van der Waals surface area contributed by atoms with Gasteiger partial charge in [-0.25, -0.2) is 4.79 Å². The van der Waals surface area contributed by atoms with Crippen molar-refractivity contribution in [3.63, 3.8) is 0 Å². The second-order valence-corrected chi connectivity index (χ2v) is 4.43. The summed E-state index contributed by atoms with van der Waals surface area (Å²) in [5.41, 5.74) is 7.28. The molecule has 0 radical (unpaired) electrons. The number of anilines is 2. The summed E-state index contributed by atoms with van der Waals surface area (Å²) in [6, 6.07) is 6.93. The van der Waals surface area contributed by atoms with Gasteiger partial charge in [0.1, 0.15) is 6.04 Å². The summed E-state index contributed by atoms with van der Waals surface area (Å²) >= 11 is 0. The molecule has 18 heavy (non-hydrogen) atoms. The minimum atomic E-state index is -0.762. The van der Waals surface area contributed by atoms with Gasteiger partial charge in [-0.05, 0) is 37.1 Å². The first-order chi connectivity index (χ1) is 8.60. The lowest BCUT2D eigenvalue weighted by atomic mass is 10.1. The molecule has 4 nitrogen and oxygen atoms in total. The lowest BCUT2D eigenvalue weighted by Crippen LogP contribution is -2.41. The van der Waals surface area contributed by atoms with E-state index in [4.69, 9.17) is 5.73 Å². The maximum Gasteiger partial charge on any atom is 0.326 e. The Kier molecular flexibility index (Phi) is 5.49. The van der Waals surface area contributed by atoms with Gasteiger partial charge in [0, 0.05) is 17.9 Å². The molecule has 1 aromatic rings. The van der Waals surface area contributed by atoms with Crippen LogP contribution in [0.4, 0.5) is 11.4 Å². The fourth-order valence-electron chi connectivity index (χ4n) is 2.06. The highest BCUT2D eigenvalue weighted by Gasteiger charge is 2.24. The third-order valence-corrected chi connectivity index (χ3v) is 2.91. The molecule has 1 rings (SSSR count). The highest BCUT2D eigenvalue weighted by Crippen LogP contribution is 2.21. The van der Waals surface area contributed by atoms with Gasteiger partial charge in [-0.1, -0.05) is 20.3 Å². The van der Waals surface area contributed by atoms with Gasteiger partial charge in [-0.15, -0.1) is 0 Å². The molecule has 0 spiro atoms. The molecular formula is C14H22N2O2. The average molecular weight is 250 g/mol. The monoisotopic (exact) mass is 250 g/mol.